The van der Waals surface area contributed by atoms with Crippen molar-refractivity contribution < 1.29 is 4.79 Å². The largest absolute Gasteiger partial charge is 0.339 e. The molecule has 1 fully saturated rings. The minimum Gasteiger partial charge on any atom is -0.339 e. The molecule has 0 radical (unpaired) electrons. The monoisotopic (exact) mass is 305 g/mol. The summed E-state index contributed by atoms with van der Waals surface area (Å²) in [6, 6.07) is 0.396. The number of amides is 1. The van der Waals surface area contributed by atoms with E-state index in [1.54, 1.807) is 0 Å². The maximum Gasteiger partial charge on any atom is 0.230 e. The predicted octanol–water partition coefficient (Wildman–Crippen LogP) is 3.57. The van der Waals surface area contributed by atoms with Crippen LogP contribution in [0.4, 0.5) is 0 Å². The van der Waals surface area contributed by atoms with Crippen LogP contribution in [0.1, 0.15) is 69.8 Å². The molecule has 0 bridgehead atoms. The van der Waals surface area contributed by atoms with Crippen LogP contribution in [0.2, 0.25) is 0 Å². The van der Waals surface area contributed by atoms with E-state index in [-0.39, 0.29) is 17.2 Å². The van der Waals surface area contributed by atoms with Crippen LogP contribution in [0.15, 0.2) is 0 Å². The van der Waals surface area contributed by atoms with E-state index in [0.29, 0.717) is 6.04 Å². The molecule has 2 heterocycles. The lowest BCUT2D eigenvalue weighted by molar-refractivity contribution is -0.133. The summed E-state index contributed by atoms with van der Waals surface area (Å²) in [6.45, 7) is 13.8. The summed E-state index contributed by atoms with van der Waals surface area (Å²) in [5.74, 6) is 0.167. The molecule has 1 aliphatic rings. The number of hydrogen-bond acceptors (Lipinski definition) is 2. The van der Waals surface area contributed by atoms with Crippen LogP contribution in [0.25, 0.3) is 0 Å². The van der Waals surface area contributed by atoms with Crippen LogP contribution in [-0.4, -0.2) is 33.2 Å². The summed E-state index contributed by atoms with van der Waals surface area (Å²) in [5.41, 5.74) is 3.45. The van der Waals surface area contributed by atoms with Gasteiger partial charge in [-0.3, -0.25) is 9.48 Å². The second-order valence-corrected chi connectivity index (χ2v) is 8.02. The van der Waals surface area contributed by atoms with Crippen molar-refractivity contribution in [2.75, 3.05) is 6.54 Å². The van der Waals surface area contributed by atoms with Crippen molar-refractivity contribution >= 4 is 5.91 Å². The molecule has 2 unspecified atom stereocenters. The molecular formula is C18H31N3O. The number of aromatic nitrogens is 2. The fraction of sp³-hybridized carbons (Fsp3) is 0.778. The van der Waals surface area contributed by atoms with Crippen molar-refractivity contribution in [3.8, 4) is 0 Å². The zero-order valence-electron chi connectivity index (χ0n) is 15.2. The molecule has 0 aliphatic carbocycles. The number of aryl methyl sites for hydroxylation is 2. The Morgan fingerprint density at radius 1 is 1.36 bits per heavy atom. The highest BCUT2D eigenvalue weighted by Crippen LogP contribution is 2.33. The van der Waals surface area contributed by atoms with Crippen molar-refractivity contribution in [2.24, 2.45) is 12.5 Å². The maximum absolute atomic E-state index is 13.0. The molecule has 1 aliphatic heterocycles. The fourth-order valence-corrected chi connectivity index (χ4v) is 3.83. The van der Waals surface area contributed by atoms with Crippen molar-refractivity contribution in [3.05, 3.63) is 17.0 Å². The van der Waals surface area contributed by atoms with Gasteiger partial charge in [0.15, 0.2) is 0 Å². The second-order valence-electron chi connectivity index (χ2n) is 8.02. The predicted molar refractivity (Wildman–Crippen MR) is 89.9 cm³/mol. The Hall–Kier alpha value is -1.32. The third-order valence-electron chi connectivity index (χ3n) is 4.88. The Morgan fingerprint density at radius 3 is 2.50 bits per heavy atom. The molecule has 2 atom stereocenters. The molecule has 4 nitrogen and oxygen atoms in total. The lowest BCUT2D eigenvalue weighted by atomic mass is 9.87. The van der Waals surface area contributed by atoms with E-state index in [1.165, 1.54) is 0 Å². The fourth-order valence-electron chi connectivity index (χ4n) is 3.83. The summed E-state index contributed by atoms with van der Waals surface area (Å²) >= 11 is 0. The molecular weight excluding hydrogens is 274 g/mol. The number of carbonyl (C=O) groups excluding carboxylic acids is 1. The Kier molecular flexibility index (Phi) is 4.69. The molecule has 0 aromatic carbocycles. The molecule has 0 N–H and O–H groups in total. The first-order valence-corrected chi connectivity index (χ1v) is 8.42. The highest BCUT2D eigenvalue weighted by molar-refractivity contribution is 5.84. The molecule has 4 heteroatoms. The molecule has 1 aromatic heterocycles. The van der Waals surface area contributed by atoms with E-state index in [2.05, 4.69) is 37.7 Å². The van der Waals surface area contributed by atoms with Gasteiger partial charge in [0.2, 0.25) is 5.91 Å². The Labute approximate surface area is 134 Å². The highest BCUT2D eigenvalue weighted by atomic mass is 16.2. The third-order valence-corrected chi connectivity index (χ3v) is 4.88. The lowest BCUT2D eigenvalue weighted by Gasteiger charge is -2.32. The highest BCUT2D eigenvalue weighted by Gasteiger charge is 2.35. The molecule has 0 spiro atoms. The van der Waals surface area contributed by atoms with Crippen LogP contribution >= 0.6 is 0 Å². The first-order valence-electron chi connectivity index (χ1n) is 8.42. The molecule has 1 amide bonds. The standard InChI is InChI=1S/C18H31N3O/c1-12(16-13(2)19-20(7)14(16)3)17(22)21-10-8-9-15(21)11-18(4,5)6/h12,15H,8-11H2,1-7H3. The number of carbonyl (C=O) groups is 1. The average molecular weight is 305 g/mol. The van der Waals surface area contributed by atoms with Gasteiger partial charge < -0.3 is 4.90 Å². The third kappa shape index (κ3) is 3.36. The summed E-state index contributed by atoms with van der Waals surface area (Å²) in [7, 11) is 1.95. The molecule has 124 valence electrons. The summed E-state index contributed by atoms with van der Waals surface area (Å²) in [5, 5.41) is 4.47. The second kappa shape index (κ2) is 6.05. The van der Waals surface area contributed by atoms with Crippen molar-refractivity contribution in [3.63, 3.8) is 0 Å². The Balaban J connectivity index is 2.19. The molecule has 2 rings (SSSR count). The minimum absolute atomic E-state index is 0.103. The van der Waals surface area contributed by atoms with Crippen LogP contribution < -0.4 is 0 Å². The van der Waals surface area contributed by atoms with Gasteiger partial charge in [0.25, 0.3) is 0 Å². The van der Waals surface area contributed by atoms with Crippen LogP contribution in [0, 0.1) is 19.3 Å². The van der Waals surface area contributed by atoms with E-state index in [1.807, 2.05) is 25.6 Å². The summed E-state index contributed by atoms with van der Waals surface area (Å²) < 4.78 is 1.88. The number of hydrogen-bond donors (Lipinski definition) is 0. The van der Waals surface area contributed by atoms with Crippen molar-refractivity contribution in [1.29, 1.82) is 0 Å². The topological polar surface area (TPSA) is 38.1 Å². The molecule has 0 saturated carbocycles. The van der Waals surface area contributed by atoms with E-state index in [9.17, 15) is 4.79 Å². The Morgan fingerprint density at radius 2 is 2.00 bits per heavy atom. The molecule has 1 saturated heterocycles. The van der Waals surface area contributed by atoms with Gasteiger partial charge in [0, 0.05) is 30.9 Å². The van der Waals surface area contributed by atoms with Crippen molar-refractivity contribution in [2.45, 2.75) is 72.8 Å². The summed E-state index contributed by atoms with van der Waals surface area (Å²) in [6.07, 6.45) is 3.35. The zero-order valence-corrected chi connectivity index (χ0v) is 15.2. The van der Waals surface area contributed by atoms with Gasteiger partial charge in [-0.2, -0.15) is 5.10 Å². The minimum atomic E-state index is -0.103. The Bertz CT molecular complexity index is 553. The maximum atomic E-state index is 13.0. The van der Waals surface area contributed by atoms with Gasteiger partial charge in [-0.25, -0.2) is 0 Å². The van der Waals surface area contributed by atoms with Crippen molar-refractivity contribution in [1.82, 2.24) is 14.7 Å². The van der Waals surface area contributed by atoms with Gasteiger partial charge in [0.1, 0.15) is 0 Å². The van der Waals surface area contributed by atoms with Crippen LogP contribution in [0.5, 0.6) is 0 Å². The first-order chi connectivity index (χ1) is 10.1. The van der Waals surface area contributed by atoms with Gasteiger partial charge in [0.05, 0.1) is 11.6 Å². The first kappa shape index (κ1) is 17.0. The van der Waals surface area contributed by atoms with Gasteiger partial charge in [-0.05, 0) is 45.4 Å². The van der Waals surface area contributed by atoms with Gasteiger partial charge >= 0.3 is 0 Å². The van der Waals surface area contributed by atoms with Gasteiger partial charge in [-0.15, -0.1) is 0 Å². The average Bonchev–Trinajstić information content (AvgIpc) is 2.92. The van der Waals surface area contributed by atoms with Crippen LogP contribution in [-0.2, 0) is 11.8 Å². The van der Waals surface area contributed by atoms with Crippen LogP contribution in [0.3, 0.4) is 0 Å². The quantitative estimate of drug-likeness (QED) is 0.856. The van der Waals surface area contributed by atoms with E-state index in [0.717, 1.165) is 42.8 Å². The van der Waals surface area contributed by atoms with Gasteiger partial charge in [-0.1, -0.05) is 20.8 Å². The SMILES string of the molecule is Cc1nn(C)c(C)c1C(C)C(=O)N1CCCC1CC(C)(C)C. The smallest absolute Gasteiger partial charge is 0.230 e. The van der Waals surface area contributed by atoms with E-state index < -0.39 is 0 Å². The summed E-state index contributed by atoms with van der Waals surface area (Å²) in [4.78, 5) is 15.2. The molecule has 22 heavy (non-hydrogen) atoms. The zero-order chi connectivity index (χ0) is 16.7. The van der Waals surface area contributed by atoms with E-state index >= 15 is 0 Å². The lowest BCUT2D eigenvalue weighted by Crippen LogP contribution is -2.40. The molecule has 1 aromatic rings. The van der Waals surface area contributed by atoms with E-state index in [4.69, 9.17) is 0 Å². The number of nitrogens with zero attached hydrogens (tertiary/aromatic N) is 3. The number of rotatable bonds is 3. The normalized spacial score (nSPS) is 20.5. The number of likely N-dealkylation sites (tertiary alicyclic amines) is 1.